The molecule has 0 bridgehead atoms. The van der Waals surface area contributed by atoms with E-state index in [1.807, 2.05) is 64.8 Å². The fourth-order valence-electron chi connectivity index (χ4n) is 2.97. The fraction of sp³-hybridized carbons (Fsp3) is 0.0455. The summed E-state index contributed by atoms with van der Waals surface area (Å²) in [4.78, 5) is 5.99. The average molecular weight is 374 g/mol. The highest BCUT2D eigenvalue weighted by Gasteiger charge is 2.17. The molecule has 4 nitrogen and oxygen atoms in total. The summed E-state index contributed by atoms with van der Waals surface area (Å²) in [6.07, 6.45) is 1.98. The molecule has 0 aliphatic heterocycles. The summed E-state index contributed by atoms with van der Waals surface area (Å²) in [7, 11) is 1.62. The molecule has 2 aromatic carbocycles. The number of benzene rings is 2. The number of para-hydroxylation sites is 1. The van der Waals surface area contributed by atoms with Crippen LogP contribution in [0.5, 0.6) is 5.75 Å². The van der Waals surface area contributed by atoms with Crippen LogP contribution in [0.4, 0.5) is 0 Å². The first-order chi connectivity index (χ1) is 13.2. The predicted octanol–water partition coefficient (Wildman–Crippen LogP) is 5.80. The van der Waals surface area contributed by atoms with Crippen LogP contribution in [0.1, 0.15) is 5.56 Å². The van der Waals surface area contributed by atoms with Crippen molar-refractivity contribution in [2.45, 2.75) is 4.90 Å². The molecule has 0 unspecified atom stereocenters. The first-order valence-corrected chi connectivity index (χ1v) is 9.22. The Bertz CT molecular complexity index is 1120. The Kier molecular flexibility index (Phi) is 4.60. The van der Waals surface area contributed by atoms with Crippen molar-refractivity contribution in [3.05, 3.63) is 85.1 Å². The number of pyridine rings is 1. The van der Waals surface area contributed by atoms with E-state index >= 15 is 0 Å². The maximum absolute atomic E-state index is 10.1. The highest BCUT2D eigenvalue weighted by molar-refractivity contribution is 7.98. The monoisotopic (exact) mass is 374 g/mol. The van der Waals surface area contributed by atoms with Gasteiger partial charge in [0.15, 0.2) is 5.65 Å². The van der Waals surface area contributed by atoms with E-state index in [4.69, 9.17) is 9.72 Å². The molecule has 0 amide bonds. The van der Waals surface area contributed by atoms with Crippen molar-refractivity contribution in [2.24, 2.45) is 0 Å². The summed E-state index contributed by atoms with van der Waals surface area (Å²) in [5.74, 6) is 0.675. The molecule has 0 fully saturated rings. The molecule has 2 heterocycles. The number of ether oxygens (including phenoxy) is 1. The summed E-state index contributed by atoms with van der Waals surface area (Å²) in [6.45, 7) is 3.71. The molecule has 0 radical (unpaired) electrons. The Hall–Kier alpha value is -3.18. The van der Waals surface area contributed by atoms with Crippen LogP contribution in [0.25, 0.3) is 28.0 Å². The third-order valence-corrected chi connectivity index (χ3v) is 5.22. The predicted molar refractivity (Wildman–Crippen MR) is 111 cm³/mol. The van der Waals surface area contributed by atoms with Crippen molar-refractivity contribution in [3.63, 3.8) is 0 Å². The van der Waals surface area contributed by atoms with Gasteiger partial charge in [-0.05, 0) is 48.3 Å². The second-order valence-electron chi connectivity index (χ2n) is 5.99. The maximum atomic E-state index is 10.1. The van der Waals surface area contributed by atoms with E-state index in [9.17, 15) is 5.11 Å². The van der Waals surface area contributed by atoms with Gasteiger partial charge in [-0.3, -0.25) is 3.97 Å². The normalized spacial score (nSPS) is 10.9. The Morgan fingerprint density at radius 2 is 1.81 bits per heavy atom. The first kappa shape index (κ1) is 17.2. The summed E-state index contributed by atoms with van der Waals surface area (Å²) in [6, 6.07) is 21.7. The molecule has 0 aliphatic carbocycles. The van der Waals surface area contributed by atoms with Crippen LogP contribution in [0.15, 0.2) is 84.4 Å². The van der Waals surface area contributed by atoms with Gasteiger partial charge in [-0.25, -0.2) is 4.98 Å². The molecule has 0 aliphatic rings. The molecule has 0 saturated heterocycles. The molecular weight excluding hydrogens is 356 g/mol. The van der Waals surface area contributed by atoms with Crippen molar-refractivity contribution in [1.82, 2.24) is 8.96 Å². The minimum atomic E-state index is -0.0197. The van der Waals surface area contributed by atoms with Gasteiger partial charge in [0.1, 0.15) is 11.5 Å². The molecule has 4 rings (SSSR count). The number of hydrogen-bond donors (Lipinski definition) is 1. The maximum Gasteiger partial charge on any atom is 0.150 e. The van der Waals surface area contributed by atoms with Crippen LogP contribution in [-0.2, 0) is 0 Å². The smallest absolute Gasteiger partial charge is 0.150 e. The topological polar surface area (TPSA) is 47.3 Å². The number of aromatic nitrogens is 2. The van der Waals surface area contributed by atoms with Gasteiger partial charge >= 0.3 is 0 Å². The van der Waals surface area contributed by atoms with E-state index in [-0.39, 0.29) is 5.76 Å². The van der Waals surface area contributed by atoms with Gasteiger partial charge in [0, 0.05) is 27.6 Å². The van der Waals surface area contributed by atoms with E-state index < -0.39 is 0 Å². The summed E-state index contributed by atoms with van der Waals surface area (Å²) >= 11 is 1.59. The van der Waals surface area contributed by atoms with Gasteiger partial charge in [0.05, 0.1) is 12.8 Å². The van der Waals surface area contributed by atoms with Crippen molar-refractivity contribution >= 4 is 28.7 Å². The molecule has 27 heavy (non-hydrogen) atoms. The molecule has 0 spiro atoms. The largest absolute Gasteiger partial charge is 0.508 e. The standard InChI is InChI=1S/C22H18N2O2S/c1-15(25)19-14-16-12-13-24(27-17-8-4-3-5-9-17)22(16)23-21(19)18-10-6-7-11-20(18)26-2/h3-14,25H,1H2,2H3. The lowest BCUT2D eigenvalue weighted by molar-refractivity contribution is 0.416. The van der Waals surface area contributed by atoms with Crippen LogP contribution in [0.3, 0.4) is 0 Å². The van der Waals surface area contributed by atoms with E-state index in [0.717, 1.165) is 21.5 Å². The van der Waals surface area contributed by atoms with Gasteiger partial charge in [-0.2, -0.15) is 0 Å². The third kappa shape index (κ3) is 3.29. The minimum absolute atomic E-state index is 0.0197. The average Bonchev–Trinajstić information content (AvgIpc) is 3.09. The summed E-state index contributed by atoms with van der Waals surface area (Å²) < 4.78 is 7.51. The number of fused-ring (bicyclic) bond motifs is 1. The molecule has 134 valence electrons. The second kappa shape index (κ2) is 7.21. The van der Waals surface area contributed by atoms with Crippen molar-refractivity contribution < 1.29 is 9.84 Å². The van der Waals surface area contributed by atoms with Crippen LogP contribution < -0.4 is 4.74 Å². The van der Waals surface area contributed by atoms with Gasteiger partial charge in [-0.1, -0.05) is 36.9 Å². The Morgan fingerprint density at radius 3 is 2.56 bits per heavy atom. The quantitative estimate of drug-likeness (QED) is 0.449. The van der Waals surface area contributed by atoms with Crippen LogP contribution in [0.2, 0.25) is 0 Å². The highest BCUT2D eigenvalue weighted by atomic mass is 32.2. The number of rotatable bonds is 5. The number of hydrogen-bond acceptors (Lipinski definition) is 4. The van der Waals surface area contributed by atoms with Gasteiger partial charge < -0.3 is 9.84 Å². The lowest BCUT2D eigenvalue weighted by atomic mass is 10.0. The SMILES string of the molecule is C=C(O)c1cc2ccn(Sc3ccccc3)c2nc1-c1ccccc1OC. The highest BCUT2D eigenvalue weighted by Crippen LogP contribution is 2.36. The minimum Gasteiger partial charge on any atom is -0.508 e. The molecule has 0 saturated carbocycles. The first-order valence-electron chi connectivity index (χ1n) is 8.44. The lowest BCUT2D eigenvalue weighted by Crippen LogP contribution is -1.97. The fourth-order valence-corrected chi connectivity index (χ4v) is 3.83. The van der Waals surface area contributed by atoms with Crippen molar-refractivity contribution in [3.8, 4) is 17.0 Å². The zero-order chi connectivity index (χ0) is 18.8. The van der Waals surface area contributed by atoms with Crippen molar-refractivity contribution in [1.29, 1.82) is 0 Å². The van der Waals surface area contributed by atoms with E-state index in [1.54, 1.807) is 19.1 Å². The lowest BCUT2D eigenvalue weighted by Gasteiger charge is -2.13. The molecule has 1 N–H and O–H groups in total. The van der Waals surface area contributed by atoms with Gasteiger partial charge in [0.2, 0.25) is 0 Å². The van der Waals surface area contributed by atoms with Crippen LogP contribution in [-0.4, -0.2) is 21.2 Å². The number of aliphatic hydroxyl groups excluding tert-OH is 1. The number of nitrogens with zero attached hydrogens (tertiary/aromatic N) is 2. The van der Waals surface area contributed by atoms with E-state index in [1.165, 1.54) is 0 Å². The van der Waals surface area contributed by atoms with Crippen LogP contribution in [0, 0.1) is 0 Å². The summed E-state index contributed by atoms with van der Waals surface area (Å²) in [5.41, 5.74) is 2.86. The molecule has 2 aromatic heterocycles. The zero-order valence-electron chi connectivity index (χ0n) is 14.8. The van der Waals surface area contributed by atoms with Gasteiger partial charge in [-0.15, -0.1) is 0 Å². The van der Waals surface area contributed by atoms with E-state index in [0.29, 0.717) is 17.0 Å². The Balaban J connectivity index is 1.90. The van der Waals surface area contributed by atoms with Crippen LogP contribution >= 0.6 is 11.9 Å². The number of methoxy groups -OCH3 is 1. The van der Waals surface area contributed by atoms with Crippen molar-refractivity contribution in [2.75, 3.05) is 7.11 Å². The zero-order valence-corrected chi connectivity index (χ0v) is 15.6. The molecule has 4 aromatic rings. The molecule has 0 atom stereocenters. The molecular formula is C22H18N2O2S. The number of aliphatic hydroxyl groups is 1. The Morgan fingerprint density at radius 1 is 1.07 bits per heavy atom. The van der Waals surface area contributed by atoms with Gasteiger partial charge in [0.25, 0.3) is 0 Å². The summed E-state index contributed by atoms with van der Waals surface area (Å²) in [5, 5.41) is 11.1. The second-order valence-corrected chi connectivity index (χ2v) is 7.04. The molecule has 5 heteroatoms. The van der Waals surface area contributed by atoms with E-state index in [2.05, 4.69) is 18.7 Å². The third-order valence-electron chi connectivity index (χ3n) is 4.25. The Labute approximate surface area is 161 Å².